The third kappa shape index (κ3) is 5.95. The largest absolute Gasteiger partial charge is 0.351 e. The number of amides is 1. The van der Waals surface area contributed by atoms with Crippen molar-refractivity contribution in [2.45, 2.75) is 26.3 Å². The summed E-state index contributed by atoms with van der Waals surface area (Å²) in [6.07, 6.45) is 2.36. The van der Waals surface area contributed by atoms with E-state index < -0.39 is 0 Å². The molecule has 0 radical (unpaired) electrons. The summed E-state index contributed by atoms with van der Waals surface area (Å²) in [6.45, 7) is 7.38. The van der Waals surface area contributed by atoms with Crippen LogP contribution in [0.2, 0.25) is 5.02 Å². The molecule has 0 unspecified atom stereocenters. The van der Waals surface area contributed by atoms with Crippen LogP contribution < -0.4 is 10.6 Å². The maximum atomic E-state index is 12.0. The average Bonchev–Trinajstić information content (AvgIpc) is 2.54. The van der Waals surface area contributed by atoms with Crippen LogP contribution in [0.4, 0.5) is 0 Å². The minimum Gasteiger partial charge on any atom is -0.351 e. The van der Waals surface area contributed by atoms with Gasteiger partial charge < -0.3 is 10.6 Å². The number of nitrogens with zero attached hydrogens (tertiary/aromatic N) is 1. The number of hydrogen-bond acceptors (Lipinski definition) is 3. The molecule has 1 fully saturated rings. The van der Waals surface area contributed by atoms with Gasteiger partial charge in [-0.05, 0) is 62.6 Å². The fourth-order valence-corrected chi connectivity index (χ4v) is 2.89. The van der Waals surface area contributed by atoms with E-state index in [-0.39, 0.29) is 5.91 Å². The minimum absolute atomic E-state index is 0.0973. The number of nitrogens with one attached hydrogen (secondary N) is 2. The lowest BCUT2D eigenvalue weighted by Crippen LogP contribution is -2.42. The number of benzene rings is 1. The Morgan fingerprint density at radius 3 is 2.59 bits per heavy atom. The lowest BCUT2D eigenvalue weighted by atomic mass is 9.97. The lowest BCUT2D eigenvalue weighted by Gasteiger charge is -2.31. The van der Waals surface area contributed by atoms with E-state index in [0.717, 1.165) is 42.7 Å². The van der Waals surface area contributed by atoms with Gasteiger partial charge in [-0.15, -0.1) is 0 Å². The van der Waals surface area contributed by atoms with Gasteiger partial charge in [0.25, 0.3) is 0 Å². The van der Waals surface area contributed by atoms with Crippen LogP contribution in [0.25, 0.3) is 0 Å². The third-order valence-corrected chi connectivity index (χ3v) is 4.41. The summed E-state index contributed by atoms with van der Waals surface area (Å²) in [4.78, 5) is 14.3. The standard InChI is InChI=1S/C17H26ClN3O/c1-2-19-11-15-7-9-21(10-8-15)13-17(22)20-12-14-3-5-16(18)6-4-14/h3-6,15,19H,2,7-13H2,1H3,(H,20,22). The SMILES string of the molecule is CCNCC1CCN(CC(=O)NCc2ccc(Cl)cc2)CC1. The number of carbonyl (C=O) groups is 1. The second-order valence-electron chi connectivity index (χ2n) is 5.93. The van der Waals surface area contributed by atoms with Crippen molar-refractivity contribution in [3.8, 4) is 0 Å². The number of likely N-dealkylation sites (tertiary alicyclic amines) is 1. The summed E-state index contributed by atoms with van der Waals surface area (Å²) in [7, 11) is 0. The van der Waals surface area contributed by atoms with Gasteiger partial charge in [-0.3, -0.25) is 9.69 Å². The van der Waals surface area contributed by atoms with Crippen LogP contribution in [-0.4, -0.2) is 43.5 Å². The van der Waals surface area contributed by atoms with E-state index in [0.29, 0.717) is 13.1 Å². The van der Waals surface area contributed by atoms with Gasteiger partial charge in [-0.1, -0.05) is 30.7 Å². The number of carbonyl (C=O) groups excluding carboxylic acids is 1. The number of halogens is 1. The Balaban J connectivity index is 1.64. The molecule has 0 bridgehead atoms. The molecule has 2 N–H and O–H groups in total. The van der Waals surface area contributed by atoms with Crippen LogP contribution >= 0.6 is 11.6 Å². The number of rotatable bonds is 7. The summed E-state index contributed by atoms with van der Waals surface area (Å²) in [6, 6.07) is 7.57. The van der Waals surface area contributed by atoms with Crippen LogP contribution in [-0.2, 0) is 11.3 Å². The van der Waals surface area contributed by atoms with Crippen molar-refractivity contribution in [1.29, 1.82) is 0 Å². The first kappa shape index (κ1) is 17.3. The molecule has 22 heavy (non-hydrogen) atoms. The fourth-order valence-electron chi connectivity index (χ4n) is 2.76. The van der Waals surface area contributed by atoms with Gasteiger partial charge in [0.15, 0.2) is 0 Å². The van der Waals surface area contributed by atoms with Crippen LogP contribution in [0, 0.1) is 5.92 Å². The average molecular weight is 324 g/mol. The van der Waals surface area contributed by atoms with E-state index in [1.165, 1.54) is 12.8 Å². The Hall–Kier alpha value is -1.10. The van der Waals surface area contributed by atoms with Crippen molar-refractivity contribution < 1.29 is 4.79 Å². The van der Waals surface area contributed by atoms with E-state index in [9.17, 15) is 4.79 Å². The van der Waals surface area contributed by atoms with E-state index >= 15 is 0 Å². The highest BCUT2D eigenvalue weighted by Crippen LogP contribution is 2.16. The molecule has 0 atom stereocenters. The number of hydrogen-bond donors (Lipinski definition) is 2. The Morgan fingerprint density at radius 2 is 1.95 bits per heavy atom. The van der Waals surface area contributed by atoms with Gasteiger partial charge in [0.05, 0.1) is 6.54 Å². The third-order valence-electron chi connectivity index (χ3n) is 4.16. The van der Waals surface area contributed by atoms with Crippen molar-refractivity contribution in [2.24, 2.45) is 5.92 Å². The normalized spacial score (nSPS) is 16.6. The van der Waals surface area contributed by atoms with Crippen LogP contribution in [0.15, 0.2) is 24.3 Å². The van der Waals surface area contributed by atoms with Gasteiger partial charge in [-0.2, -0.15) is 0 Å². The molecule has 1 aromatic rings. The topological polar surface area (TPSA) is 44.4 Å². The molecule has 1 saturated heterocycles. The maximum absolute atomic E-state index is 12.0. The van der Waals surface area contributed by atoms with Crippen molar-refractivity contribution in [2.75, 3.05) is 32.7 Å². The quantitative estimate of drug-likeness (QED) is 0.809. The van der Waals surface area contributed by atoms with E-state index in [1.54, 1.807) is 0 Å². The van der Waals surface area contributed by atoms with Crippen molar-refractivity contribution in [3.05, 3.63) is 34.9 Å². The van der Waals surface area contributed by atoms with Crippen LogP contribution in [0.5, 0.6) is 0 Å². The van der Waals surface area contributed by atoms with Crippen molar-refractivity contribution in [1.82, 2.24) is 15.5 Å². The first-order valence-corrected chi connectivity index (χ1v) is 8.49. The molecule has 0 saturated carbocycles. The van der Waals surface area contributed by atoms with Gasteiger partial charge in [0.1, 0.15) is 0 Å². The monoisotopic (exact) mass is 323 g/mol. The number of piperidine rings is 1. The van der Waals surface area contributed by atoms with Crippen molar-refractivity contribution >= 4 is 17.5 Å². The summed E-state index contributed by atoms with van der Waals surface area (Å²) < 4.78 is 0. The molecule has 1 aliphatic rings. The second kappa shape index (κ2) is 9.13. The second-order valence-corrected chi connectivity index (χ2v) is 6.37. The van der Waals surface area contributed by atoms with E-state index in [2.05, 4.69) is 22.5 Å². The zero-order chi connectivity index (χ0) is 15.8. The van der Waals surface area contributed by atoms with Gasteiger partial charge in [0.2, 0.25) is 5.91 Å². The summed E-state index contributed by atoms with van der Waals surface area (Å²) in [5.74, 6) is 0.855. The summed E-state index contributed by atoms with van der Waals surface area (Å²) in [5.41, 5.74) is 1.07. The van der Waals surface area contributed by atoms with Gasteiger partial charge >= 0.3 is 0 Å². The maximum Gasteiger partial charge on any atom is 0.234 e. The molecule has 2 rings (SSSR count). The molecule has 0 spiro atoms. The lowest BCUT2D eigenvalue weighted by molar-refractivity contribution is -0.122. The zero-order valence-electron chi connectivity index (χ0n) is 13.3. The highest BCUT2D eigenvalue weighted by molar-refractivity contribution is 6.30. The fraction of sp³-hybridized carbons (Fsp3) is 0.588. The van der Waals surface area contributed by atoms with Crippen LogP contribution in [0.1, 0.15) is 25.3 Å². The molecule has 1 heterocycles. The Labute approximate surface area is 138 Å². The molecular weight excluding hydrogens is 298 g/mol. The van der Waals surface area contributed by atoms with E-state index in [4.69, 9.17) is 11.6 Å². The first-order chi connectivity index (χ1) is 10.7. The van der Waals surface area contributed by atoms with E-state index in [1.807, 2.05) is 24.3 Å². The minimum atomic E-state index is 0.0973. The van der Waals surface area contributed by atoms with Gasteiger partial charge in [-0.25, -0.2) is 0 Å². The Morgan fingerprint density at radius 1 is 1.27 bits per heavy atom. The molecule has 1 aromatic carbocycles. The Bertz CT molecular complexity index is 455. The van der Waals surface area contributed by atoms with Gasteiger partial charge in [0, 0.05) is 11.6 Å². The molecule has 5 heteroatoms. The van der Waals surface area contributed by atoms with Crippen molar-refractivity contribution in [3.63, 3.8) is 0 Å². The van der Waals surface area contributed by atoms with Crippen LogP contribution in [0.3, 0.4) is 0 Å². The molecule has 0 aliphatic carbocycles. The highest BCUT2D eigenvalue weighted by Gasteiger charge is 2.20. The molecular formula is C17H26ClN3O. The first-order valence-electron chi connectivity index (χ1n) is 8.11. The molecule has 1 amide bonds. The summed E-state index contributed by atoms with van der Waals surface area (Å²) >= 11 is 5.85. The molecule has 122 valence electrons. The predicted octanol–water partition coefficient (Wildman–Crippen LogP) is 2.28. The smallest absolute Gasteiger partial charge is 0.234 e. The summed E-state index contributed by atoms with van der Waals surface area (Å²) in [5, 5.41) is 7.10. The zero-order valence-corrected chi connectivity index (χ0v) is 14.0. The molecule has 0 aromatic heterocycles. The predicted molar refractivity (Wildman–Crippen MR) is 91.0 cm³/mol. The molecule has 4 nitrogen and oxygen atoms in total. The Kier molecular flexibility index (Phi) is 7.16. The molecule has 1 aliphatic heterocycles. The highest BCUT2D eigenvalue weighted by atomic mass is 35.5.